The van der Waals surface area contributed by atoms with E-state index in [0.717, 1.165) is 31.6 Å². The van der Waals surface area contributed by atoms with E-state index in [0.29, 0.717) is 23.9 Å². The lowest BCUT2D eigenvalue weighted by Crippen LogP contribution is -2.34. The summed E-state index contributed by atoms with van der Waals surface area (Å²) in [6.07, 6.45) is 7.42. The van der Waals surface area contributed by atoms with Crippen LogP contribution in [-0.2, 0) is 16.9 Å². The van der Waals surface area contributed by atoms with Gasteiger partial charge in [-0.15, -0.1) is 0 Å². The third-order valence-electron chi connectivity index (χ3n) is 4.30. The lowest BCUT2D eigenvalue weighted by atomic mass is 9.79. The van der Waals surface area contributed by atoms with E-state index >= 15 is 0 Å². The van der Waals surface area contributed by atoms with Gasteiger partial charge in [-0.05, 0) is 31.6 Å². The highest BCUT2D eigenvalue weighted by Gasteiger charge is 2.40. The molecular formula is C14H21N5O2. The van der Waals surface area contributed by atoms with Crippen LogP contribution >= 0.6 is 0 Å². The van der Waals surface area contributed by atoms with E-state index in [9.17, 15) is 0 Å². The van der Waals surface area contributed by atoms with Gasteiger partial charge in [0.25, 0.3) is 0 Å². The standard InChI is InChI=1S/C14H21N5O2/c1-10-3-5-14(20-2,6-4-10)13-17-12(21-18-13)9-19-8-11(15)7-16-19/h7-8,10H,3-6,9,15H2,1-2H3. The summed E-state index contributed by atoms with van der Waals surface area (Å²) in [5, 5.41) is 8.24. The third kappa shape index (κ3) is 2.78. The van der Waals surface area contributed by atoms with Gasteiger partial charge in [0.05, 0.1) is 11.9 Å². The summed E-state index contributed by atoms with van der Waals surface area (Å²) in [4.78, 5) is 4.50. The van der Waals surface area contributed by atoms with Crippen LogP contribution in [0.3, 0.4) is 0 Å². The predicted octanol–water partition coefficient (Wildman–Crippen LogP) is 1.95. The molecule has 1 aliphatic rings. The normalized spacial score (nSPS) is 26.1. The van der Waals surface area contributed by atoms with Gasteiger partial charge < -0.3 is 15.0 Å². The number of hydrogen-bond donors (Lipinski definition) is 1. The summed E-state index contributed by atoms with van der Waals surface area (Å²) in [7, 11) is 1.72. The van der Waals surface area contributed by atoms with Crippen molar-refractivity contribution in [2.45, 2.75) is 44.8 Å². The Morgan fingerprint density at radius 2 is 2.24 bits per heavy atom. The molecule has 0 atom stereocenters. The molecule has 0 radical (unpaired) electrons. The zero-order chi connectivity index (χ0) is 14.9. The maximum atomic E-state index is 5.75. The van der Waals surface area contributed by atoms with E-state index in [4.69, 9.17) is 15.0 Å². The Morgan fingerprint density at radius 1 is 1.48 bits per heavy atom. The molecule has 0 aliphatic heterocycles. The zero-order valence-electron chi connectivity index (χ0n) is 12.5. The molecule has 1 aliphatic carbocycles. The Balaban J connectivity index is 1.77. The molecular weight excluding hydrogens is 270 g/mol. The molecule has 0 amide bonds. The SMILES string of the molecule is COC1(c2noc(Cn3cc(N)cn3)n2)CCC(C)CC1. The average Bonchev–Trinajstić information content (AvgIpc) is 3.10. The van der Waals surface area contributed by atoms with Crippen molar-refractivity contribution in [2.75, 3.05) is 12.8 Å². The second-order valence-corrected chi connectivity index (χ2v) is 5.86. The van der Waals surface area contributed by atoms with E-state index in [1.165, 1.54) is 0 Å². The van der Waals surface area contributed by atoms with E-state index in [1.54, 1.807) is 24.2 Å². The van der Waals surface area contributed by atoms with Crippen LogP contribution in [0, 0.1) is 5.92 Å². The van der Waals surface area contributed by atoms with E-state index in [1.807, 2.05) is 0 Å². The minimum absolute atomic E-state index is 0.405. The maximum absolute atomic E-state index is 5.75. The number of nitrogens with two attached hydrogens (primary N) is 1. The first-order valence-electron chi connectivity index (χ1n) is 7.27. The molecule has 2 N–H and O–H groups in total. The van der Waals surface area contributed by atoms with Crippen LogP contribution in [0.25, 0.3) is 0 Å². The smallest absolute Gasteiger partial charge is 0.248 e. The number of nitrogen functional groups attached to an aromatic ring is 1. The van der Waals surface area contributed by atoms with Crippen molar-refractivity contribution in [1.29, 1.82) is 0 Å². The lowest BCUT2D eigenvalue weighted by molar-refractivity contribution is -0.0609. The topological polar surface area (TPSA) is 92.0 Å². The fourth-order valence-electron chi connectivity index (χ4n) is 2.86. The fraction of sp³-hybridized carbons (Fsp3) is 0.643. The minimum Gasteiger partial charge on any atom is -0.396 e. The predicted molar refractivity (Wildman–Crippen MR) is 76.4 cm³/mol. The number of methoxy groups -OCH3 is 1. The van der Waals surface area contributed by atoms with E-state index in [2.05, 4.69) is 22.2 Å². The number of aromatic nitrogens is 4. The van der Waals surface area contributed by atoms with Crippen molar-refractivity contribution in [3.8, 4) is 0 Å². The summed E-state index contributed by atoms with van der Waals surface area (Å²) in [5.41, 5.74) is 5.85. The third-order valence-corrected chi connectivity index (χ3v) is 4.30. The molecule has 3 rings (SSSR count). The first-order chi connectivity index (χ1) is 10.1. The first kappa shape index (κ1) is 14.1. The van der Waals surface area contributed by atoms with Crippen molar-refractivity contribution in [1.82, 2.24) is 19.9 Å². The van der Waals surface area contributed by atoms with Crippen molar-refractivity contribution in [2.24, 2.45) is 5.92 Å². The second kappa shape index (κ2) is 5.48. The second-order valence-electron chi connectivity index (χ2n) is 5.86. The van der Waals surface area contributed by atoms with Gasteiger partial charge in [0.2, 0.25) is 11.7 Å². The number of hydrogen-bond acceptors (Lipinski definition) is 6. The Hall–Kier alpha value is -1.89. The Labute approximate surface area is 123 Å². The number of ether oxygens (including phenoxy) is 1. The van der Waals surface area contributed by atoms with E-state index in [-0.39, 0.29) is 0 Å². The maximum Gasteiger partial charge on any atom is 0.248 e. The largest absolute Gasteiger partial charge is 0.396 e. The number of anilines is 1. The van der Waals surface area contributed by atoms with Crippen LogP contribution in [0.5, 0.6) is 0 Å². The molecule has 0 spiro atoms. The van der Waals surface area contributed by atoms with Gasteiger partial charge in [0.1, 0.15) is 12.1 Å². The molecule has 2 aromatic heterocycles. The highest BCUT2D eigenvalue weighted by atomic mass is 16.5. The molecule has 1 fully saturated rings. The van der Waals surface area contributed by atoms with Gasteiger partial charge in [0, 0.05) is 13.3 Å². The molecule has 7 heteroatoms. The van der Waals surface area contributed by atoms with Crippen LogP contribution < -0.4 is 5.73 Å². The van der Waals surface area contributed by atoms with Crippen LogP contribution in [0.15, 0.2) is 16.9 Å². The summed E-state index contributed by atoms with van der Waals surface area (Å²) >= 11 is 0. The Bertz CT molecular complexity index is 598. The van der Waals surface area contributed by atoms with Crippen LogP contribution in [0.2, 0.25) is 0 Å². The fourth-order valence-corrected chi connectivity index (χ4v) is 2.86. The molecule has 0 aromatic carbocycles. The Kier molecular flexibility index (Phi) is 3.67. The van der Waals surface area contributed by atoms with Gasteiger partial charge in [0.15, 0.2) is 0 Å². The van der Waals surface area contributed by atoms with Crippen molar-refractivity contribution >= 4 is 5.69 Å². The van der Waals surface area contributed by atoms with E-state index < -0.39 is 5.60 Å². The zero-order valence-corrected chi connectivity index (χ0v) is 12.5. The molecule has 1 saturated carbocycles. The van der Waals surface area contributed by atoms with Crippen LogP contribution in [-0.4, -0.2) is 27.0 Å². The summed E-state index contributed by atoms with van der Waals surface area (Å²) < 4.78 is 12.8. The molecule has 7 nitrogen and oxygen atoms in total. The summed E-state index contributed by atoms with van der Waals surface area (Å²) in [6.45, 7) is 2.68. The highest BCUT2D eigenvalue weighted by Crippen LogP contribution is 2.40. The highest BCUT2D eigenvalue weighted by molar-refractivity contribution is 5.30. The quantitative estimate of drug-likeness (QED) is 0.925. The molecule has 21 heavy (non-hydrogen) atoms. The molecule has 2 aromatic rings. The van der Waals surface area contributed by atoms with Gasteiger partial charge in [-0.25, -0.2) is 0 Å². The van der Waals surface area contributed by atoms with Gasteiger partial charge in [-0.1, -0.05) is 12.1 Å². The Morgan fingerprint density at radius 3 is 2.86 bits per heavy atom. The van der Waals surface area contributed by atoms with Crippen LogP contribution in [0.4, 0.5) is 5.69 Å². The minimum atomic E-state index is -0.405. The summed E-state index contributed by atoms with van der Waals surface area (Å²) in [5.74, 6) is 1.89. The summed E-state index contributed by atoms with van der Waals surface area (Å²) in [6, 6.07) is 0. The molecule has 0 bridgehead atoms. The van der Waals surface area contributed by atoms with Crippen molar-refractivity contribution in [3.05, 3.63) is 24.1 Å². The van der Waals surface area contributed by atoms with Crippen LogP contribution in [0.1, 0.15) is 44.3 Å². The first-order valence-corrected chi connectivity index (χ1v) is 7.27. The molecule has 114 valence electrons. The van der Waals surface area contributed by atoms with Gasteiger partial charge >= 0.3 is 0 Å². The molecule has 2 heterocycles. The van der Waals surface area contributed by atoms with Crippen molar-refractivity contribution in [3.63, 3.8) is 0 Å². The monoisotopic (exact) mass is 291 g/mol. The average molecular weight is 291 g/mol. The van der Waals surface area contributed by atoms with Gasteiger partial charge in [-0.2, -0.15) is 10.1 Å². The lowest BCUT2D eigenvalue weighted by Gasteiger charge is -2.35. The van der Waals surface area contributed by atoms with Crippen molar-refractivity contribution < 1.29 is 9.26 Å². The van der Waals surface area contributed by atoms with Gasteiger partial charge in [-0.3, -0.25) is 4.68 Å². The molecule has 0 unspecified atom stereocenters. The number of rotatable bonds is 4. The number of nitrogens with zero attached hydrogens (tertiary/aromatic N) is 4. The molecule has 0 saturated heterocycles.